The first kappa shape index (κ1) is 23.2. The van der Waals surface area contributed by atoms with Crippen molar-refractivity contribution < 1.29 is 9.59 Å². The standard InChI is InChI=1S/C26H40N4O2/c1-26(2,3)30-24(31)9-8-23(25(30)32)20-4-6-22(7-5-20)29-16-12-19(13-17-29)18-28-21-10-14-27-15-11-21/h4-7,19,21,23,27-28H,8-18H2,1-3H3. The zero-order chi connectivity index (χ0) is 22.7. The smallest absolute Gasteiger partial charge is 0.237 e. The highest BCUT2D eigenvalue weighted by atomic mass is 16.2. The van der Waals surface area contributed by atoms with Crippen LogP contribution >= 0.6 is 0 Å². The fourth-order valence-electron chi connectivity index (χ4n) is 5.47. The summed E-state index contributed by atoms with van der Waals surface area (Å²) < 4.78 is 0. The molecule has 0 bridgehead atoms. The van der Waals surface area contributed by atoms with E-state index < -0.39 is 5.54 Å². The second-order valence-electron chi connectivity index (χ2n) is 10.8. The van der Waals surface area contributed by atoms with E-state index in [1.807, 2.05) is 20.8 Å². The average molecular weight is 441 g/mol. The number of likely N-dealkylation sites (tertiary alicyclic amines) is 1. The topological polar surface area (TPSA) is 64.7 Å². The minimum atomic E-state index is -0.472. The number of carbonyl (C=O) groups excluding carboxylic acids is 2. The van der Waals surface area contributed by atoms with E-state index in [1.165, 1.54) is 36.3 Å². The number of anilines is 1. The van der Waals surface area contributed by atoms with Gasteiger partial charge >= 0.3 is 0 Å². The molecule has 3 heterocycles. The van der Waals surface area contributed by atoms with Crippen molar-refractivity contribution in [2.45, 2.75) is 76.8 Å². The first-order chi connectivity index (χ1) is 15.3. The highest BCUT2D eigenvalue weighted by molar-refractivity contribution is 6.01. The molecule has 2 amide bonds. The lowest BCUT2D eigenvalue weighted by atomic mass is 9.86. The maximum atomic E-state index is 13.1. The second kappa shape index (κ2) is 9.92. The molecule has 0 aliphatic carbocycles. The van der Waals surface area contributed by atoms with E-state index in [0.29, 0.717) is 18.9 Å². The van der Waals surface area contributed by atoms with E-state index in [4.69, 9.17) is 0 Å². The van der Waals surface area contributed by atoms with Gasteiger partial charge in [-0.3, -0.25) is 14.5 Å². The number of imide groups is 1. The molecule has 0 saturated carbocycles. The number of carbonyl (C=O) groups is 2. The molecule has 6 heteroatoms. The monoisotopic (exact) mass is 440 g/mol. The normalized spacial score (nSPS) is 24.3. The van der Waals surface area contributed by atoms with E-state index in [2.05, 4.69) is 39.8 Å². The molecule has 1 atom stereocenters. The van der Waals surface area contributed by atoms with Crippen molar-refractivity contribution in [3.63, 3.8) is 0 Å². The zero-order valence-electron chi connectivity index (χ0n) is 20.0. The molecule has 1 unspecified atom stereocenters. The third kappa shape index (κ3) is 5.34. The molecular weight excluding hydrogens is 400 g/mol. The van der Waals surface area contributed by atoms with E-state index in [-0.39, 0.29) is 17.7 Å². The Labute approximate surface area is 193 Å². The Morgan fingerprint density at radius 3 is 2.25 bits per heavy atom. The van der Waals surface area contributed by atoms with Crippen LogP contribution in [0.5, 0.6) is 0 Å². The summed E-state index contributed by atoms with van der Waals surface area (Å²) in [4.78, 5) is 29.4. The van der Waals surface area contributed by atoms with Gasteiger partial charge in [-0.15, -0.1) is 0 Å². The van der Waals surface area contributed by atoms with E-state index in [1.54, 1.807) is 0 Å². The quantitative estimate of drug-likeness (QED) is 0.688. The summed E-state index contributed by atoms with van der Waals surface area (Å²) in [7, 11) is 0. The molecule has 176 valence electrons. The summed E-state index contributed by atoms with van der Waals surface area (Å²) in [6.45, 7) is 11.4. The lowest BCUT2D eigenvalue weighted by molar-refractivity contribution is -0.155. The minimum Gasteiger partial charge on any atom is -0.372 e. The summed E-state index contributed by atoms with van der Waals surface area (Å²) in [6, 6.07) is 9.20. The van der Waals surface area contributed by atoms with Crippen molar-refractivity contribution >= 4 is 17.5 Å². The number of benzene rings is 1. The van der Waals surface area contributed by atoms with Crippen LogP contribution in [0.3, 0.4) is 0 Å². The molecule has 3 aliphatic heterocycles. The van der Waals surface area contributed by atoms with E-state index in [0.717, 1.165) is 44.2 Å². The molecule has 1 aromatic rings. The fraction of sp³-hybridized carbons (Fsp3) is 0.692. The van der Waals surface area contributed by atoms with Gasteiger partial charge in [0.05, 0.1) is 5.92 Å². The molecular formula is C26H40N4O2. The number of rotatable bonds is 5. The van der Waals surface area contributed by atoms with Crippen LogP contribution in [0.1, 0.15) is 70.8 Å². The summed E-state index contributed by atoms with van der Waals surface area (Å²) >= 11 is 0. The van der Waals surface area contributed by atoms with Gasteiger partial charge in [-0.05, 0) is 96.1 Å². The predicted molar refractivity (Wildman–Crippen MR) is 129 cm³/mol. The molecule has 6 nitrogen and oxygen atoms in total. The third-order valence-corrected chi connectivity index (χ3v) is 7.40. The van der Waals surface area contributed by atoms with Crippen LogP contribution < -0.4 is 15.5 Å². The Morgan fingerprint density at radius 1 is 0.969 bits per heavy atom. The van der Waals surface area contributed by atoms with Crippen molar-refractivity contribution in [1.82, 2.24) is 15.5 Å². The van der Waals surface area contributed by atoms with Crippen molar-refractivity contribution in [2.75, 3.05) is 37.6 Å². The number of hydrogen-bond donors (Lipinski definition) is 2. The highest BCUT2D eigenvalue weighted by Gasteiger charge is 2.40. The van der Waals surface area contributed by atoms with Gasteiger partial charge < -0.3 is 15.5 Å². The summed E-state index contributed by atoms with van der Waals surface area (Å²) in [5.41, 5.74) is 1.80. The lowest BCUT2D eigenvalue weighted by Crippen LogP contribution is -2.53. The van der Waals surface area contributed by atoms with Gasteiger partial charge in [0.15, 0.2) is 0 Å². The van der Waals surface area contributed by atoms with Gasteiger partial charge in [0.25, 0.3) is 0 Å². The number of piperidine rings is 3. The summed E-state index contributed by atoms with van der Waals surface area (Å²) in [5.74, 6) is 0.449. The maximum absolute atomic E-state index is 13.1. The second-order valence-corrected chi connectivity index (χ2v) is 10.8. The Balaban J connectivity index is 1.30. The van der Waals surface area contributed by atoms with Crippen molar-refractivity contribution in [3.8, 4) is 0 Å². The Kier molecular flexibility index (Phi) is 7.21. The van der Waals surface area contributed by atoms with Crippen LogP contribution in [-0.4, -0.2) is 61.0 Å². The Morgan fingerprint density at radius 2 is 1.62 bits per heavy atom. The molecule has 0 aromatic heterocycles. The first-order valence-electron chi connectivity index (χ1n) is 12.5. The number of amides is 2. The van der Waals surface area contributed by atoms with Crippen molar-refractivity contribution in [3.05, 3.63) is 29.8 Å². The van der Waals surface area contributed by atoms with E-state index >= 15 is 0 Å². The molecule has 0 radical (unpaired) electrons. The van der Waals surface area contributed by atoms with Gasteiger partial charge in [0.2, 0.25) is 11.8 Å². The van der Waals surface area contributed by atoms with Crippen LogP contribution in [0.15, 0.2) is 24.3 Å². The minimum absolute atomic E-state index is 0.0483. The van der Waals surface area contributed by atoms with Crippen LogP contribution in [0.2, 0.25) is 0 Å². The van der Waals surface area contributed by atoms with Crippen LogP contribution in [0, 0.1) is 5.92 Å². The number of nitrogens with zero attached hydrogens (tertiary/aromatic N) is 2. The molecule has 0 spiro atoms. The average Bonchev–Trinajstić information content (AvgIpc) is 2.78. The van der Waals surface area contributed by atoms with Crippen molar-refractivity contribution in [2.24, 2.45) is 5.92 Å². The van der Waals surface area contributed by atoms with Gasteiger partial charge in [0.1, 0.15) is 0 Å². The van der Waals surface area contributed by atoms with Gasteiger partial charge in [-0.1, -0.05) is 12.1 Å². The number of nitrogens with one attached hydrogen (secondary N) is 2. The summed E-state index contributed by atoms with van der Waals surface area (Å²) in [5, 5.41) is 7.22. The fourth-order valence-corrected chi connectivity index (χ4v) is 5.47. The van der Waals surface area contributed by atoms with E-state index in [9.17, 15) is 9.59 Å². The molecule has 32 heavy (non-hydrogen) atoms. The largest absolute Gasteiger partial charge is 0.372 e. The Bertz CT molecular complexity index is 787. The van der Waals surface area contributed by atoms with Crippen LogP contribution in [-0.2, 0) is 9.59 Å². The molecule has 1 aromatic carbocycles. The molecule has 4 rings (SSSR count). The maximum Gasteiger partial charge on any atom is 0.237 e. The zero-order valence-corrected chi connectivity index (χ0v) is 20.0. The molecule has 2 N–H and O–H groups in total. The van der Waals surface area contributed by atoms with Gasteiger partial charge in [0, 0.05) is 36.8 Å². The van der Waals surface area contributed by atoms with Crippen LogP contribution in [0.4, 0.5) is 5.69 Å². The van der Waals surface area contributed by atoms with Gasteiger partial charge in [-0.2, -0.15) is 0 Å². The SMILES string of the molecule is CC(C)(C)N1C(=O)CCC(c2ccc(N3CCC(CNC4CCNCC4)CC3)cc2)C1=O. The van der Waals surface area contributed by atoms with Gasteiger partial charge in [-0.25, -0.2) is 0 Å². The summed E-state index contributed by atoms with van der Waals surface area (Å²) in [6.07, 6.45) is 5.99. The van der Waals surface area contributed by atoms with Crippen LogP contribution in [0.25, 0.3) is 0 Å². The first-order valence-corrected chi connectivity index (χ1v) is 12.5. The molecule has 3 fully saturated rings. The lowest BCUT2D eigenvalue weighted by Gasteiger charge is -2.39. The van der Waals surface area contributed by atoms with Crippen molar-refractivity contribution in [1.29, 1.82) is 0 Å². The highest BCUT2D eigenvalue weighted by Crippen LogP contribution is 2.34. The molecule has 3 aliphatic rings. The Hall–Kier alpha value is -1.92. The molecule has 3 saturated heterocycles. The third-order valence-electron chi connectivity index (χ3n) is 7.40. The number of hydrogen-bond acceptors (Lipinski definition) is 5. The predicted octanol–water partition coefficient (Wildman–Crippen LogP) is 3.28.